The molecule has 5 heterocycles. The maximum absolute atomic E-state index is 15.8. The summed E-state index contributed by atoms with van der Waals surface area (Å²) in [5.74, 6) is -0.612. The quantitative estimate of drug-likeness (QED) is 0.196. The fourth-order valence-corrected chi connectivity index (χ4v) is 11.1. The molecule has 1 saturated carbocycles. The number of H-pyrrole nitrogens is 1. The average molecular weight is 857 g/mol. The Morgan fingerprint density at radius 3 is 2.33 bits per heavy atom. The van der Waals surface area contributed by atoms with Crippen LogP contribution in [0, 0.1) is 33.9 Å². The monoisotopic (exact) mass is 856 g/mol. The lowest BCUT2D eigenvalue weighted by molar-refractivity contribution is -0.163. The summed E-state index contributed by atoms with van der Waals surface area (Å²) < 4.78 is 22.4. The first-order valence-corrected chi connectivity index (χ1v) is 22.0. The number of aromatic nitrogens is 1. The smallest absolute Gasteiger partial charge is 0.255 e. The number of ether oxygens (including phenoxy) is 1. The van der Waals surface area contributed by atoms with Crippen LogP contribution in [0.25, 0.3) is 10.9 Å². The summed E-state index contributed by atoms with van der Waals surface area (Å²) in [4.78, 5) is 74.2. The van der Waals surface area contributed by atoms with Crippen LogP contribution in [0.4, 0.5) is 15.8 Å². The average Bonchev–Trinajstić information content (AvgIpc) is 3.59. The zero-order valence-corrected chi connectivity index (χ0v) is 36.1. The summed E-state index contributed by atoms with van der Waals surface area (Å²) in [5, 5.41) is 15.7. The van der Waals surface area contributed by atoms with E-state index in [1.165, 1.54) is 12.1 Å². The van der Waals surface area contributed by atoms with Crippen LogP contribution in [0.5, 0.6) is 5.75 Å². The van der Waals surface area contributed by atoms with Gasteiger partial charge in [-0.15, -0.1) is 0 Å². The highest BCUT2D eigenvalue weighted by Crippen LogP contribution is 2.56. The number of carbonyl (C=O) groups is 4. The number of carbonyl (C=O) groups excluding carboxylic acids is 4. The van der Waals surface area contributed by atoms with Gasteiger partial charge in [-0.2, -0.15) is 5.26 Å². The number of hydrogen-bond donors (Lipinski definition) is 3. The summed E-state index contributed by atoms with van der Waals surface area (Å²) in [6, 6.07) is 18.3. The second-order valence-corrected chi connectivity index (χ2v) is 19.0. The number of piperidine rings is 2. The third kappa shape index (κ3) is 7.68. The van der Waals surface area contributed by atoms with E-state index in [9.17, 15) is 29.2 Å². The van der Waals surface area contributed by atoms with Gasteiger partial charge in [0.05, 0.1) is 16.8 Å². The van der Waals surface area contributed by atoms with Crippen molar-refractivity contribution in [3.05, 3.63) is 99.1 Å². The van der Waals surface area contributed by atoms with Crippen LogP contribution in [0.15, 0.2) is 65.5 Å². The number of piperazine rings is 1. The minimum absolute atomic E-state index is 0.164. The Kier molecular flexibility index (Phi) is 10.8. The Balaban J connectivity index is 0.751. The van der Waals surface area contributed by atoms with Gasteiger partial charge in [0.2, 0.25) is 17.4 Å². The standard InChI is InChI=1S/C48H53FN8O6/c1-47(2)45(48(3,4)46(47)63-38-12-6-30(25-50)41-34(38)9-13-39(58)51-41)53-42(60)29-5-10-36(35(49)24-29)56-17-15-28(16-18-56)26-54-19-21-55(22-20-54)32-7-8-33-31(23-32)27-57(44(33)62)37-11-14-40(59)52-43(37)61/h5-10,12-13,23-24,28,37,45-46H,11,14-22,26-27H2,1-4H3,(H,51,58)(H,53,60)(H,52,59,61)/t37-,45?,46?/m0/s1. The van der Waals surface area contributed by atoms with E-state index >= 15 is 4.39 Å². The molecule has 0 spiro atoms. The summed E-state index contributed by atoms with van der Waals surface area (Å²) in [7, 11) is 0. The van der Waals surface area contributed by atoms with Gasteiger partial charge in [0.25, 0.3) is 11.8 Å². The van der Waals surface area contributed by atoms with Crippen LogP contribution in [0.3, 0.4) is 0 Å². The van der Waals surface area contributed by atoms with E-state index in [0.29, 0.717) is 52.4 Å². The zero-order chi connectivity index (χ0) is 44.4. The molecule has 0 unspecified atom stereocenters. The molecule has 9 rings (SSSR count). The van der Waals surface area contributed by atoms with Gasteiger partial charge in [-0.3, -0.25) is 34.2 Å². The summed E-state index contributed by atoms with van der Waals surface area (Å²) in [6.07, 6.45) is 2.13. The number of imide groups is 1. The van der Waals surface area contributed by atoms with Crippen molar-refractivity contribution in [2.45, 2.75) is 78.1 Å². The second kappa shape index (κ2) is 16.1. The van der Waals surface area contributed by atoms with Crippen LogP contribution in [0.2, 0.25) is 0 Å². The predicted octanol–water partition coefficient (Wildman–Crippen LogP) is 4.95. The maximum Gasteiger partial charge on any atom is 0.255 e. The van der Waals surface area contributed by atoms with Crippen LogP contribution < -0.4 is 30.7 Å². The van der Waals surface area contributed by atoms with Crippen molar-refractivity contribution in [1.82, 2.24) is 25.4 Å². The highest BCUT2D eigenvalue weighted by atomic mass is 19.1. The fourth-order valence-electron chi connectivity index (χ4n) is 11.1. The van der Waals surface area contributed by atoms with E-state index in [4.69, 9.17) is 4.74 Å². The van der Waals surface area contributed by atoms with E-state index in [0.717, 1.165) is 69.9 Å². The summed E-state index contributed by atoms with van der Waals surface area (Å²) in [6.45, 7) is 14.4. The molecule has 1 aromatic heterocycles. The number of benzene rings is 3. The largest absolute Gasteiger partial charge is 0.488 e. The molecule has 0 bridgehead atoms. The number of anilines is 2. The SMILES string of the molecule is CC1(C)C(NC(=O)c2ccc(N3CCC(CN4CCN(c5ccc6c(c5)CN([C@H]5CCC(=O)NC5=O)C6=O)CC4)CC3)c(F)c2)C(C)(C)C1Oc1ccc(C#N)c2[nH]c(=O)ccc12. The van der Waals surface area contributed by atoms with Crippen LogP contribution in [-0.2, 0) is 16.1 Å². The van der Waals surface area contributed by atoms with E-state index in [1.54, 1.807) is 35.2 Å². The topological polar surface area (TPSA) is 171 Å². The highest BCUT2D eigenvalue weighted by molar-refractivity contribution is 6.05. The molecule has 3 N–H and O–H groups in total. The lowest BCUT2D eigenvalue weighted by atomic mass is 9.49. The number of fused-ring (bicyclic) bond motifs is 2. The first kappa shape index (κ1) is 42.1. The number of aromatic amines is 1. The van der Waals surface area contributed by atoms with E-state index in [-0.39, 0.29) is 47.4 Å². The molecule has 4 amide bonds. The number of nitrogens with zero attached hydrogens (tertiary/aromatic N) is 5. The van der Waals surface area contributed by atoms with Crippen LogP contribution in [0.1, 0.15) is 85.2 Å². The number of hydrogen-bond acceptors (Lipinski definition) is 10. The van der Waals surface area contributed by atoms with Gasteiger partial charge >= 0.3 is 0 Å². The van der Waals surface area contributed by atoms with Gasteiger partial charge in [0.1, 0.15) is 29.8 Å². The van der Waals surface area contributed by atoms with Crippen LogP contribution in [-0.4, -0.2) is 102 Å². The lowest BCUT2D eigenvalue weighted by Crippen LogP contribution is -2.74. The highest BCUT2D eigenvalue weighted by Gasteiger charge is 2.64. The minimum atomic E-state index is -0.627. The predicted molar refractivity (Wildman–Crippen MR) is 235 cm³/mol. The number of nitrogens with one attached hydrogen (secondary N) is 3. The van der Waals surface area contributed by atoms with Gasteiger partial charge in [0.15, 0.2) is 0 Å². The first-order chi connectivity index (χ1) is 30.1. The Labute approximate surface area is 365 Å². The molecule has 1 atom stereocenters. The molecule has 3 saturated heterocycles. The van der Waals surface area contributed by atoms with Crippen molar-refractivity contribution < 1.29 is 28.3 Å². The molecule has 14 nitrogen and oxygen atoms in total. The molecule has 4 aliphatic heterocycles. The third-order valence-electron chi connectivity index (χ3n) is 14.3. The van der Waals surface area contributed by atoms with Crippen molar-refractivity contribution in [2.75, 3.05) is 55.6 Å². The van der Waals surface area contributed by atoms with Crippen molar-refractivity contribution in [3.63, 3.8) is 0 Å². The molecule has 3 aromatic carbocycles. The molecule has 4 aromatic rings. The molecule has 328 valence electrons. The maximum atomic E-state index is 15.8. The second-order valence-electron chi connectivity index (χ2n) is 19.0. The normalized spacial score (nSPS) is 23.5. The van der Waals surface area contributed by atoms with E-state index in [2.05, 4.69) is 42.5 Å². The fraction of sp³-hybridized carbons (Fsp3) is 0.458. The molecule has 63 heavy (non-hydrogen) atoms. The van der Waals surface area contributed by atoms with Gasteiger partial charge < -0.3 is 29.7 Å². The van der Waals surface area contributed by atoms with Gasteiger partial charge in [0, 0.05) is 104 Å². The van der Waals surface area contributed by atoms with Crippen molar-refractivity contribution in [3.8, 4) is 11.8 Å². The minimum Gasteiger partial charge on any atom is -0.488 e. The molecular formula is C48H53FN8O6. The van der Waals surface area contributed by atoms with Crippen LogP contribution >= 0.6 is 0 Å². The number of rotatable bonds is 9. The zero-order valence-electron chi connectivity index (χ0n) is 36.1. The van der Waals surface area contributed by atoms with Crippen molar-refractivity contribution in [1.29, 1.82) is 5.26 Å². The number of nitriles is 1. The van der Waals surface area contributed by atoms with Gasteiger partial charge in [-0.1, -0.05) is 27.7 Å². The molecule has 5 aliphatic rings. The third-order valence-corrected chi connectivity index (χ3v) is 14.3. The lowest BCUT2D eigenvalue weighted by Gasteiger charge is -2.63. The van der Waals surface area contributed by atoms with Gasteiger partial charge in [-0.25, -0.2) is 4.39 Å². The summed E-state index contributed by atoms with van der Waals surface area (Å²) in [5.41, 5.74) is 2.79. The first-order valence-electron chi connectivity index (χ1n) is 22.0. The van der Waals surface area contributed by atoms with E-state index < -0.39 is 28.6 Å². The Morgan fingerprint density at radius 2 is 1.63 bits per heavy atom. The Morgan fingerprint density at radius 1 is 0.889 bits per heavy atom. The molecule has 15 heteroatoms. The van der Waals surface area contributed by atoms with E-state index in [1.807, 2.05) is 39.8 Å². The van der Waals surface area contributed by atoms with Gasteiger partial charge in [-0.05, 0) is 85.3 Å². The number of amides is 4. The Hall–Kier alpha value is -6.27. The summed E-state index contributed by atoms with van der Waals surface area (Å²) >= 11 is 0. The number of halogens is 1. The van der Waals surface area contributed by atoms with Crippen molar-refractivity contribution in [2.24, 2.45) is 16.7 Å². The molecule has 4 fully saturated rings. The molecular weight excluding hydrogens is 804 g/mol. The number of pyridine rings is 1. The molecule has 0 radical (unpaired) electrons. The molecule has 1 aliphatic carbocycles. The Bertz CT molecular complexity index is 2610. The van der Waals surface area contributed by atoms with Crippen molar-refractivity contribution >= 4 is 45.9 Å².